The van der Waals surface area contributed by atoms with Crippen molar-refractivity contribution in [1.29, 1.82) is 0 Å². The summed E-state index contributed by atoms with van der Waals surface area (Å²) in [6, 6.07) is 0.828. The number of nitrogens with zero attached hydrogens (tertiary/aromatic N) is 1. The molecule has 104 valence electrons. The Kier molecular flexibility index (Phi) is 3.92. The predicted molar refractivity (Wildman–Crippen MR) is 73.5 cm³/mol. The number of rotatable bonds is 2. The average Bonchev–Trinajstić information content (AvgIpc) is 2.47. The maximum atomic E-state index is 6.19. The maximum absolute atomic E-state index is 6.19. The first kappa shape index (κ1) is 12.9. The lowest BCUT2D eigenvalue weighted by molar-refractivity contribution is -0.0782. The molecule has 0 aromatic rings. The summed E-state index contributed by atoms with van der Waals surface area (Å²) < 4.78 is 5.57. The largest absolute Gasteiger partial charge is 0.381 e. The SMILES string of the molecule is NCC1(N2CCC[C@H]3CCCC[C@H]32)CCOCC1. The van der Waals surface area contributed by atoms with Crippen molar-refractivity contribution in [1.82, 2.24) is 4.90 Å². The Morgan fingerprint density at radius 1 is 1.06 bits per heavy atom. The molecule has 2 atom stereocenters. The molecule has 0 aromatic heterocycles. The highest BCUT2D eigenvalue weighted by Crippen LogP contribution is 2.41. The number of ether oxygens (including phenoxy) is 1. The molecule has 3 nitrogen and oxygen atoms in total. The van der Waals surface area contributed by atoms with Crippen LogP contribution in [0.4, 0.5) is 0 Å². The lowest BCUT2D eigenvalue weighted by atomic mass is 9.74. The van der Waals surface area contributed by atoms with Crippen LogP contribution in [0.2, 0.25) is 0 Å². The molecule has 3 aliphatic rings. The van der Waals surface area contributed by atoms with Gasteiger partial charge in [0.2, 0.25) is 0 Å². The van der Waals surface area contributed by atoms with Crippen LogP contribution >= 0.6 is 0 Å². The monoisotopic (exact) mass is 252 g/mol. The van der Waals surface area contributed by atoms with Gasteiger partial charge in [-0.05, 0) is 51.0 Å². The van der Waals surface area contributed by atoms with Crippen LogP contribution in [-0.4, -0.2) is 42.8 Å². The van der Waals surface area contributed by atoms with E-state index in [-0.39, 0.29) is 5.54 Å². The van der Waals surface area contributed by atoms with E-state index in [1.807, 2.05) is 0 Å². The van der Waals surface area contributed by atoms with Crippen molar-refractivity contribution in [3.8, 4) is 0 Å². The summed E-state index contributed by atoms with van der Waals surface area (Å²) in [5.41, 5.74) is 6.46. The zero-order valence-electron chi connectivity index (χ0n) is 11.6. The number of piperidine rings is 1. The van der Waals surface area contributed by atoms with E-state index in [0.717, 1.165) is 44.6 Å². The Morgan fingerprint density at radius 3 is 2.56 bits per heavy atom. The van der Waals surface area contributed by atoms with Crippen molar-refractivity contribution in [2.24, 2.45) is 11.7 Å². The van der Waals surface area contributed by atoms with E-state index in [4.69, 9.17) is 10.5 Å². The standard InChI is InChI=1S/C15H28N2O/c16-12-15(7-10-18-11-8-15)17-9-3-5-13-4-1-2-6-14(13)17/h13-14H,1-12,16H2/t13-,14-/m1/s1. The maximum Gasteiger partial charge on any atom is 0.0484 e. The third-order valence-electron chi connectivity index (χ3n) is 5.66. The van der Waals surface area contributed by atoms with E-state index in [1.54, 1.807) is 0 Å². The Bertz CT molecular complexity index is 274. The van der Waals surface area contributed by atoms with Gasteiger partial charge in [-0.1, -0.05) is 12.8 Å². The normalized spacial score (nSPS) is 37.2. The van der Waals surface area contributed by atoms with Gasteiger partial charge in [-0.2, -0.15) is 0 Å². The van der Waals surface area contributed by atoms with Crippen molar-refractivity contribution in [3.63, 3.8) is 0 Å². The van der Waals surface area contributed by atoms with Crippen molar-refractivity contribution in [2.75, 3.05) is 26.3 Å². The summed E-state index contributed by atoms with van der Waals surface area (Å²) in [6.07, 6.45) is 10.9. The summed E-state index contributed by atoms with van der Waals surface area (Å²) in [5.74, 6) is 0.957. The Balaban J connectivity index is 1.79. The molecule has 2 heterocycles. The van der Waals surface area contributed by atoms with Crippen molar-refractivity contribution >= 4 is 0 Å². The topological polar surface area (TPSA) is 38.5 Å². The average molecular weight is 252 g/mol. The van der Waals surface area contributed by atoms with Crippen LogP contribution in [0, 0.1) is 5.92 Å². The second kappa shape index (κ2) is 5.48. The zero-order valence-corrected chi connectivity index (χ0v) is 11.6. The molecule has 0 unspecified atom stereocenters. The fourth-order valence-corrected chi connectivity index (χ4v) is 4.57. The second-order valence-electron chi connectivity index (χ2n) is 6.49. The van der Waals surface area contributed by atoms with Gasteiger partial charge in [-0.15, -0.1) is 0 Å². The number of fused-ring (bicyclic) bond motifs is 1. The van der Waals surface area contributed by atoms with Gasteiger partial charge >= 0.3 is 0 Å². The minimum atomic E-state index is 0.263. The van der Waals surface area contributed by atoms with Crippen LogP contribution in [0.3, 0.4) is 0 Å². The third-order valence-corrected chi connectivity index (χ3v) is 5.66. The van der Waals surface area contributed by atoms with Crippen LogP contribution in [-0.2, 0) is 4.74 Å². The highest BCUT2D eigenvalue weighted by molar-refractivity contribution is 5.00. The van der Waals surface area contributed by atoms with E-state index < -0.39 is 0 Å². The van der Waals surface area contributed by atoms with E-state index in [9.17, 15) is 0 Å². The van der Waals surface area contributed by atoms with Gasteiger partial charge in [0.05, 0.1) is 0 Å². The number of likely N-dealkylation sites (tertiary alicyclic amines) is 1. The molecule has 0 bridgehead atoms. The van der Waals surface area contributed by atoms with E-state index in [1.165, 1.54) is 45.1 Å². The summed E-state index contributed by atoms with van der Waals surface area (Å²) in [6.45, 7) is 3.91. The molecule has 2 saturated heterocycles. The smallest absolute Gasteiger partial charge is 0.0484 e. The van der Waals surface area contributed by atoms with E-state index in [2.05, 4.69) is 4.90 Å². The summed E-state index contributed by atoms with van der Waals surface area (Å²) >= 11 is 0. The van der Waals surface area contributed by atoms with Gasteiger partial charge in [0.1, 0.15) is 0 Å². The number of nitrogens with two attached hydrogens (primary N) is 1. The highest BCUT2D eigenvalue weighted by Gasteiger charge is 2.44. The summed E-state index contributed by atoms with van der Waals surface area (Å²) in [4.78, 5) is 2.82. The number of hydrogen-bond donors (Lipinski definition) is 1. The van der Waals surface area contributed by atoms with Crippen LogP contribution < -0.4 is 5.73 Å². The lowest BCUT2D eigenvalue weighted by Gasteiger charge is -2.55. The molecule has 0 amide bonds. The fourth-order valence-electron chi connectivity index (χ4n) is 4.57. The van der Waals surface area contributed by atoms with Gasteiger partial charge in [0, 0.05) is 31.3 Å². The Morgan fingerprint density at radius 2 is 1.78 bits per heavy atom. The molecule has 1 aliphatic carbocycles. The van der Waals surface area contributed by atoms with Crippen molar-refractivity contribution in [3.05, 3.63) is 0 Å². The van der Waals surface area contributed by atoms with Gasteiger partial charge in [0.25, 0.3) is 0 Å². The van der Waals surface area contributed by atoms with Gasteiger partial charge < -0.3 is 10.5 Å². The number of hydrogen-bond acceptors (Lipinski definition) is 3. The molecule has 3 rings (SSSR count). The molecular formula is C15H28N2O. The highest BCUT2D eigenvalue weighted by atomic mass is 16.5. The fraction of sp³-hybridized carbons (Fsp3) is 1.00. The molecule has 18 heavy (non-hydrogen) atoms. The lowest BCUT2D eigenvalue weighted by Crippen LogP contribution is -2.63. The van der Waals surface area contributed by atoms with Crippen LogP contribution in [0.5, 0.6) is 0 Å². The Hall–Kier alpha value is -0.120. The van der Waals surface area contributed by atoms with E-state index >= 15 is 0 Å². The van der Waals surface area contributed by atoms with E-state index in [0.29, 0.717) is 0 Å². The molecule has 0 radical (unpaired) electrons. The third kappa shape index (κ3) is 2.21. The first-order chi connectivity index (χ1) is 8.86. The molecule has 1 saturated carbocycles. The van der Waals surface area contributed by atoms with Gasteiger partial charge in [-0.25, -0.2) is 0 Å². The molecule has 3 fully saturated rings. The summed E-state index contributed by atoms with van der Waals surface area (Å²) in [7, 11) is 0. The minimum Gasteiger partial charge on any atom is -0.381 e. The zero-order chi connectivity index (χ0) is 12.4. The minimum absolute atomic E-state index is 0.263. The van der Waals surface area contributed by atoms with Crippen LogP contribution in [0.15, 0.2) is 0 Å². The first-order valence-electron chi connectivity index (χ1n) is 7.90. The van der Waals surface area contributed by atoms with Crippen molar-refractivity contribution < 1.29 is 4.74 Å². The molecule has 2 N–H and O–H groups in total. The second-order valence-corrected chi connectivity index (χ2v) is 6.49. The molecule has 3 heteroatoms. The molecule has 2 aliphatic heterocycles. The van der Waals surface area contributed by atoms with Gasteiger partial charge in [-0.3, -0.25) is 4.90 Å². The molecule has 0 aromatic carbocycles. The summed E-state index contributed by atoms with van der Waals surface area (Å²) in [5, 5.41) is 0. The molecule has 0 spiro atoms. The Labute approximate surface area is 111 Å². The van der Waals surface area contributed by atoms with Crippen LogP contribution in [0.1, 0.15) is 51.4 Å². The molecular weight excluding hydrogens is 224 g/mol. The quantitative estimate of drug-likeness (QED) is 0.818. The predicted octanol–water partition coefficient (Wildman–Crippen LogP) is 2.15. The first-order valence-corrected chi connectivity index (χ1v) is 7.90. The van der Waals surface area contributed by atoms with Gasteiger partial charge in [0.15, 0.2) is 0 Å². The van der Waals surface area contributed by atoms with Crippen LogP contribution in [0.25, 0.3) is 0 Å². The van der Waals surface area contributed by atoms with Crippen molar-refractivity contribution in [2.45, 2.75) is 62.9 Å².